The van der Waals surface area contributed by atoms with E-state index in [4.69, 9.17) is 0 Å². The first-order valence-corrected chi connectivity index (χ1v) is 10.3. The highest BCUT2D eigenvalue weighted by Crippen LogP contribution is 2.25. The number of nitrogens with zero attached hydrogens (tertiary/aromatic N) is 4. The predicted molar refractivity (Wildman–Crippen MR) is 108 cm³/mol. The lowest BCUT2D eigenvalue weighted by Crippen LogP contribution is -2.47. The van der Waals surface area contributed by atoms with E-state index >= 15 is 0 Å². The molecule has 3 heterocycles. The van der Waals surface area contributed by atoms with E-state index < -0.39 is 0 Å². The Kier molecular flexibility index (Phi) is 5.83. The molecule has 26 heavy (non-hydrogen) atoms. The number of para-hydroxylation sites is 1. The van der Waals surface area contributed by atoms with Gasteiger partial charge < -0.3 is 9.80 Å². The summed E-state index contributed by atoms with van der Waals surface area (Å²) in [7, 11) is 2.24. The predicted octanol–water partition coefficient (Wildman–Crippen LogP) is 3.23. The van der Waals surface area contributed by atoms with E-state index in [2.05, 4.69) is 57.1 Å². The molecule has 2 aliphatic heterocycles. The van der Waals surface area contributed by atoms with Crippen LogP contribution in [-0.4, -0.2) is 72.0 Å². The molecule has 0 unspecified atom stereocenters. The number of hydrogen-bond acceptors (Lipinski definition) is 4. The van der Waals surface area contributed by atoms with E-state index in [1.54, 1.807) is 0 Å². The van der Waals surface area contributed by atoms with Gasteiger partial charge in [-0.1, -0.05) is 24.6 Å². The Morgan fingerprint density at radius 3 is 2.73 bits per heavy atom. The molecule has 2 aromatic rings. The zero-order chi connectivity index (χ0) is 17.8. The number of likely N-dealkylation sites (tertiary alicyclic amines) is 1. The van der Waals surface area contributed by atoms with Crippen LogP contribution in [0.5, 0.6) is 0 Å². The monoisotopic (exact) mass is 352 g/mol. The highest BCUT2D eigenvalue weighted by atomic mass is 15.2. The molecule has 140 valence electrons. The van der Waals surface area contributed by atoms with Crippen LogP contribution in [0.3, 0.4) is 0 Å². The molecule has 2 fully saturated rings. The molecule has 1 atom stereocenters. The Morgan fingerprint density at radius 1 is 1.00 bits per heavy atom. The van der Waals surface area contributed by atoms with Crippen LogP contribution in [0.1, 0.15) is 31.2 Å². The fourth-order valence-electron chi connectivity index (χ4n) is 4.51. The van der Waals surface area contributed by atoms with E-state index in [0.29, 0.717) is 0 Å². The van der Waals surface area contributed by atoms with Crippen LogP contribution in [0.15, 0.2) is 36.5 Å². The zero-order valence-corrected chi connectivity index (χ0v) is 16.1. The normalized spacial score (nSPS) is 23.5. The molecule has 2 saturated heterocycles. The van der Waals surface area contributed by atoms with Crippen molar-refractivity contribution >= 4 is 10.9 Å². The lowest BCUT2D eigenvalue weighted by Gasteiger charge is -2.38. The molecule has 1 aromatic heterocycles. The molecule has 0 N–H and O–H groups in total. The Labute approximate surface area is 157 Å². The third-order valence-electron chi connectivity index (χ3n) is 6.24. The number of aromatic nitrogens is 1. The average Bonchev–Trinajstić information content (AvgIpc) is 2.69. The van der Waals surface area contributed by atoms with Crippen molar-refractivity contribution in [2.45, 2.75) is 38.3 Å². The van der Waals surface area contributed by atoms with Crippen molar-refractivity contribution in [1.82, 2.24) is 19.7 Å². The molecule has 0 spiro atoms. The summed E-state index contributed by atoms with van der Waals surface area (Å²) in [5.74, 6) is 0. The first kappa shape index (κ1) is 17.9. The second kappa shape index (κ2) is 8.47. The number of fused-ring (bicyclic) bond motifs is 1. The molecule has 4 rings (SSSR count). The molecular formula is C22H32N4. The van der Waals surface area contributed by atoms with Crippen LogP contribution in [0.25, 0.3) is 10.9 Å². The smallest absolute Gasteiger partial charge is 0.0705 e. The first-order chi connectivity index (χ1) is 12.8. The van der Waals surface area contributed by atoms with Gasteiger partial charge in [-0.15, -0.1) is 0 Å². The minimum atomic E-state index is 0.732. The van der Waals surface area contributed by atoms with Crippen molar-refractivity contribution in [1.29, 1.82) is 0 Å². The summed E-state index contributed by atoms with van der Waals surface area (Å²) < 4.78 is 0. The van der Waals surface area contributed by atoms with Crippen LogP contribution in [0.2, 0.25) is 0 Å². The maximum absolute atomic E-state index is 4.53. The summed E-state index contributed by atoms with van der Waals surface area (Å²) in [5, 5.41) is 1.32. The Bertz CT molecular complexity index is 703. The van der Waals surface area contributed by atoms with E-state index in [1.165, 1.54) is 75.9 Å². The van der Waals surface area contributed by atoms with Crippen LogP contribution in [0, 0.1) is 0 Å². The second-order valence-electron chi connectivity index (χ2n) is 8.04. The average molecular weight is 353 g/mol. The van der Waals surface area contributed by atoms with Gasteiger partial charge in [0.1, 0.15) is 0 Å². The third kappa shape index (κ3) is 4.25. The van der Waals surface area contributed by atoms with Crippen LogP contribution >= 0.6 is 0 Å². The maximum atomic E-state index is 4.53. The fourth-order valence-corrected chi connectivity index (χ4v) is 4.51. The van der Waals surface area contributed by atoms with Crippen molar-refractivity contribution in [2.24, 2.45) is 0 Å². The van der Waals surface area contributed by atoms with Gasteiger partial charge in [-0.2, -0.15) is 0 Å². The Morgan fingerprint density at radius 2 is 1.85 bits per heavy atom. The lowest BCUT2D eigenvalue weighted by molar-refractivity contribution is 0.102. The number of rotatable bonds is 5. The highest BCUT2D eigenvalue weighted by molar-refractivity contribution is 5.81. The van der Waals surface area contributed by atoms with Crippen molar-refractivity contribution in [2.75, 3.05) is 46.3 Å². The van der Waals surface area contributed by atoms with Crippen molar-refractivity contribution in [3.63, 3.8) is 0 Å². The van der Waals surface area contributed by atoms with Gasteiger partial charge in [-0.3, -0.25) is 9.88 Å². The molecular weight excluding hydrogens is 320 g/mol. The number of hydrogen-bond donors (Lipinski definition) is 0. The van der Waals surface area contributed by atoms with Crippen LogP contribution < -0.4 is 0 Å². The van der Waals surface area contributed by atoms with E-state index in [0.717, 1.165) is 18.1 Å². The molecule has 4 heteroatoms. The molecule has 2 aliphatic rings. The summed E-state index contributed by atoms with van der Waals surface area (Å²) in [6.07, 6.45) is 7.37. The first-order valence-electron chi connectivity index (χ1n) is 10.3. The molecule has 0 radical (unpaired) electrons. The largest absolute Gasteiger partial charge is 0.304 e. The molecule has 0 saturated carbocycles. The summed E-state index contributed by atoms with van der Waals surface area (Å²) in [6, 6.07) is 11.5. The van der Waals surface area contributed by atoms with Gasteiger partial charge in [-0.05, 0) is 57.1 Å². The minimum Gasteiger partial charge on any atom is -0.304 e. The van der Waals surface area contributed by atoms with Crippen molar-refractivity contribution in [3.8, 4) is 0 Å². The lowest BCUT2D eigenvalue weighted by atomic mass is 9.97. The van der Waals surface area contributed by atoms with Gasteiger partial charge >= 0.3 is 0 Å². The molecule has 1 aromatic carbocycles. The van der Waals surface area contributed by atoms with Gasteiger partial charge in [-0.25, -0.2) is 0 Å². The van der Waals surface area contributed by atoms with E-state index in [1.807, 2.05) is 6.20 Å². The van der Waals surface area contributed by atoms with Crippen LogP contribution in [-0.2, 0) is 6.54 Å². The Balaban J connectivity index is 1.40. The Hall–Kier alpha value is -1.49. The topological polar surface area (TPSA) is 22.6 Å². The second-order valence-corrected chi connectivity index (χ2v) is 8.04. The molecule has 4 nitrogen and oxygen atoms in total. The summed E-state index contributed by atoms with van der Waals surface area (Å²) >= 11 is 0. The summed E-state index contributed by atoms with van der Waals surface area (Å²) in [6.45, 7) is 8.47. The maximum Gasteiger partial charge on any atom is 0.0705 e. The van der Waals surface area contributed by atoms with Crippen LogP contribution in [0.4, 0.5) is 0 Å². The van der Waals surface area contributed by atoms with Gasteiger partial charge in [0, 0.05) is 50.3 Å². The zero-order valence-electron chi connectivity index (χ0n) is 16.1. The van der Waals surface area contributed by atoms with E-state index in [-0.39, 0.29) is 0 Å². The number of benzene rings is 1. The highest BCUT2D eigenvalue weighted by Gasteiger charge is 2.24. The SMILES string of the molecule is CN1CCN(CC[C@H]2CCCCN2Cc2ccnc3ccccc23)CC1. The minimum absolute atomic E-state index is 0.732. The van der Waals surface area contributed by atoms with E-state index in [9.17, 15) is 0 Å². The van der Waals surface area contributed by atoms with Gasteiger partial charge in [0.15, 0.2) is 0 Å². The molecule has 0 amide bonds. The number of piperidine rings is 1. The van der Waals surface area contributed by atoms with Gasteiger partial charge in [0.2, 0.25) is 0 Å². The van der Waals surface area contributed by atoms with Crippen molar-refractivity contribution in [3.05, 3.63) is 42.1 Å². The standard InChI is InChI=1S/C22H32N4/c1-24-14-16-25(17-15-24)13-10-20-6-4-5-12-26(20)18-19-9-11-23-22-8-3-2-7-21(19)22/h2-3,7-9,11,20H,4-6,10,12-18H2,1H3/t20-/m1/s1. The van der Waals surface area contributed by atoms with Gasteiger partial charge in [0.25, 0.3) is 0 Å². The van der Waals surface area contributed by atoms with Gasteiger partial charge in [0.05, 0.1) is 5.52 Å². The summed E-state index contributed by atoms with van der Waals surface area (Å²) in [4.78, 5) is 12.4. The number of pyridine rings is 1. The number of likely N-dealkylation sites (N-methyl/N-ethyl adjacent to an activating group) is 1. The third-order valence-corrected chi connectivity index (χ3v) is 6.24. The summed E-state index contributed by atoms with van der Waals surface area (Å²) in [5.41, 5.74) is 2.55. The molecule has 0 bridgehead atoms. The van der Waals surface area contributed by atoms with Crippen molar-refractivity contribution < 1.29 is 0 Å². The number of piperazine rings is 1. The fraction of sp³-hybridized carbons (Fsp3) is 0.591. The molecule has 0 aliphatic carbocycles. The quantitative estimate of drug-likeness (QED) is 0.824.